The van der Waals surface area contributed by atoms with E-state index in [1.165, 1.54) is 6.07 Å². The molecule has 2 heterocycles. The van der Waals surface area contributed by atoms with Crippen LogP contribution in [0, 0.1) is 17.3 Å². The maximum absolute atomic E-state index is 13.1. The number of rotatable bonds is 2. The van der Waals surface area contributed by atoms with Crippen LogP contribution in [0.5, 0.6) is 0 Å². The van der Waals surface area contributed by atoms with Crippen LogP contribution in [0.15, 0.2) is 59.5 Å². The molecule has 4 rings (SSSR count). The molecule has 1 spiro atoms. The van der Waals surface area contributed by atoms with Gasteiger partial charge in [0.2, 0.25) is 0 Å². The quantitative estimate of drug-likeness (QED) is 0.660. The normalized spacial score (nSPS) is 17.7. The Balaban J connectivity index is 1.39. The molecular formula is C25H26N2O4S. The van der Waals surface area contributed by atoms with E-state index < -0.39 is 9.84 Å². The predicted octanol–water partition coefficient (Wildman–Crippen LogP) is 2.60. The van der Waals surface area contributed by atoms with Crippen LogP contribution in [-0.4, -0.2) is 62.5 Å². The van der Waals surface area contributed by atoms with E-state index in [1.807, 2.05) is 30.3 Å². The molecule has 2 aliphatic rings. The average Bonchev–Trinajstić information content (AvgIpc) is 3.21. The largest absolute Gasteiger partial charge is 0.338 e. The van der Waals surface area contributed by atoms with Gasteiger partial charge in [-0.1, -0.05) is 36.3 Å². The third-order valence-electron chi connectivity index (χ3n) is 6.44. The number of nitrogens with zero attached hydrogens (tertiary/aromatic N) is 2. The van der Waals surface area contributed by atoms with Crippen molar-refractivity contribution in [3.63, 3.8) is 0 Å². The van der Waals surface area contributed by atoms with Crippen LogP contribution in [0.3, 0.4) is 0 Å². The summed E-state index contributed by atoms with van der Waals surface area (Å²) in [6.07, 6.45) is 3.60. The molecule has 0 radical (unpaired) electrons. The zero-order chi connectivity index (χ0) is 22.8. The maximum Gasteiger partial charge on any atom is 0.298 e. The van der Waals surface area contributed by atoms with Gasteiger partial charge in [0, 0.05) is 43.9 Å². The Bertz CT molecular complexity index is 1190. The minimum atomic E-state index is -3.49. The highest BCUT2D eigenvalue weighted by molar-refractivity contribution is 7.90. The molecule has 0 N–H and O–H groups in total. The maximum atomic E-state index is 13.1. The fourth-order valence-electron chi connectivity index (χ4n) is 4.56. The van der Waals surface area contributed by atoms with Crippen LogP contribution < -0.4 is 0 Å². The van der Waals surface area contributed by atoms with Crippen LogP contribution in [-0.2, 0) is 14.6 Å². The summed E-state index contributed by atoms with van der Waals surface area (Å²) in [4.78, 5) is 29.2. The first kappa shape index (κ1) is 22.1. The number of hydrogen-bond acceptors (Lipinski definition) is 4. The van der Waals surface area contributed by atoms with Gasteiger partial charge in [-0.15, -0.1) is 0 Å². The molecule has 2 fully saturated rings. The molecule has 0 bridgehead atoms. The molecule has 0 atom stereocenters. The summed E-state index contributed by atoms with van der Waals surface area (Å²) < 4.78 is 24.2. The van der Waals surface area contributed by atoms with Crippen LogP contribution in [0.25, 0.3) is 0 Å². The Hall–Kier alpha value is -3.11. The van der Waals surface area contributed by atoms with E-state index in [-0.39, 0.29) is 27.7 Å². The summed E-state index contributed by atoms with van der Waals surface area (Å²) in [5.41, 5.74) is 1.02. The average molecular weight is 451 g/mol. The highest BCUT2D eigenvalue weighted by atomic mass is 32.2. The van der Waals surface area contributed by atoms with Crippen molar-refractivity contribution >= 4 is 21.7 Å². The molecule has 2 aliphatic heterocycles. The van der Waals surface area contributed by atoms with Gasteiger partial charge in [0.1, 0.15) is 0 Å². The van der Waals surface area contributed by atoms with Crippen LogP contribution >= 0.6 is 0 Å². The molecule has 32 heavy (non-hydrogen) atoms. The Labute approximate surface area is 189 Å². The molecule has 2 saturated heterocycles. The lowest BCUT2D eigenvalue weighted by molar-refractivity contribution is -0.127. The van der Waals surface area contributed by atoms with Gasteiger partial charge in [0.15, 0.2) is 9.84 Å². The Morgan fingerprint density at radius 1 is 0.875 bits per heavy atom. The van der Waals surface area contributed by atoms with E-state index in [4.69, 9.17) is 0 Å². The first-order valence-electron chi connectivity index (χ1n) is 10.7. The van der Waals surface area contributed by atoms with Gasteiger partial charge in [-0.25, -0.2) is 8.42 Å². The second kappa shape index (κ2) is 8.79. The van der Waals surface area contributed by atoms with Crippen molar-refractivity contribution in [1.29, 1.82) is 0 Å². The van der Waals surface area contributed by atoms with E-state index in [2.05, 4.69) is 11.8 Å². The van der Waals surface area contributed by atoms with Crippen molar-refractivity contribution in [1.82, 2.24) is 9.80 Å². The van der Waals surface area contributed by atoms with E-state index in [9.17, 15) is 18.0 Å². The summed E-state index contributed by atoms with van der Waals surface area (Å²) in [7, 11) is -3.49. The lowest BCUT2D eigenvalue weighted by Gasteiger charge is -2.38. The second-order valence-electron chi connectivity index (χ2n) is 8.65. The number of carbonyl (C=O) groups is 2. The minimum Gasteiger partial charge on any atom is -0.338 e. The van der Waals surface area contributed by atoms with Gasteiger partial charge >= 0.3 is 0 Å². The zero-order valence-electron chi connectivity index (χ0n) is 18.1. The van der Waals surface area contributed by atoms with Crippen molar-refractivity contribution in [2.75, 3.05) is 32.4 Å². The Morgan fingerprint density at radius 3 is 2.12 bits per heavy atom. The molecule has 0 aliphatic carbocycles. The molecule has 0 aromatic heterocycles. The van der Waals surface area contributed by atoms with Crippen molar-refractivity contribution < 1.29 is 18.0 Å². The molecule has 6 nitrogen and oxygen atoms in total. The van der Waals surface area contributed by atoms with Gasteiger partial charge in [0.25, 0.3) is 11.8 Å². The van der Waals surface area contributed by atoms with Gasteiger partial charge < -0.3 is 9.80 Å². The highest BCUT2D eigenvalue weighted by Crippen LogP contribution is 2.41. The Kier molecular flexibility index (Phi) is 6.07. The summed E-state index contributed by atoms with van der Waals surface area (Å²) in [5, 5.41) is 0. The van der Waals surface area contributed by atoms with Crippen molar-refractivity contribution in [2.45, 2.75) is 24.2 Å². The van der Waals surface area contributed by atoms with Crippen molar-refractivity contribution in [3.05, 3.63) is 65.7 Å². The van der Waals surface area contributed by atoms with Crippen LogP contribution in [0.2, 0.25) is 0 Å². The summed E-state index contributed by atoms with van der Waals surface area (Å²) in [5.74, 6) is 5.24. The fraction of sp³-hybridized carbons (Fsp3) is 0.360. The lowest BCUT2D eigenvalue weighted by Crippen LogP contribution is -2.44. The van der Waals surface area contributed by atoms with E-state index in [0.29, 0.717) is 26.2 Å². The predicted molar refractivity (Wildman–Crippen MR) is 122 cm³/mol. The molecule has 0 saturated carbocycles. The first-order valence-corrected chi connectivity index (χ1v) is 12.6. The number of piperidine rings is 1. The number of likely N-dealkylation sites (tertiary alicyclic amines) is 2. The molecular weight excluding hydrogens is 424 g/mol. The second-order valence-corrected chi connectivity index (χ2v) is 10.6. The number of hydrogen-bond donors (Lipinski definition) is 0. The molecule has 2 aromatic rings. The van der Waals surface area contributed by atoms with E-state index >= 15 is 0 Å². The topological polar surface area (TPSA) is 74.8 Å². The third-order valence-corrected chi connectivity index (χ3v) is 7.60. The Morgan fingerprint density at radius 2 is 1.47 bits per heavy atom. The monoisotopic (exact) mass is 450 g/mol. The number of amides is 2. The zero-order valence-corrected chi connectivity index (χ0v) is 18.9. The van der Waals surface area contributed by atoms with Gasteiger partial charge in [0.05, 0.1) is 10.5 Å². The molecule has 7 heteroatoms. The summed E-state index contributed by atoms with van der Waals surface area (Å²) >= 11 is 0. The third kappa shape index (κ3) is 4.71. The molecule has 2 amide bonds. The van der Waals surface area contributed by atoms with E-state index in [1.54, 1.807) is 28.0 Å². The number of benzene rings is 2. The molecule has 2 aromatic carbocycles. The lowest BCUT2D eigenvalue weighted by atomic mass is 9.78. The SMILES string of the molecule is CS(=O)(=O)c1ccccc1C(=O)N1CCC2(CCN(C(=O)C#Cc3ccccc3)CC2)C1. The van der Waals surface area contributed by atoms with Crippen molar-refractivity contribution in [3.8, 4) is 11.8 Å². The van der Waals surface area contributed by atoms with Gasteiger partial charge in [-0.05, 0) is 48.9 Å². The standard InChI is InChI=1S/C25H26N2O4S/c1-32(30,31)22-10-6-5-9-21(22)24(29)27-18-15-25(19-27)13-16-26(17-14-25)23(28)12-11-20-7-3-2-4-8-20/h2-10H,13-19H2,1H3. The molecule has 0 unspecified atom stereocenters. The van der Waals surface area contributed by atoms with Gasteiger partial charge in [-0.2, -0.15) is 0 Å². The first-order chi connectivity index (χ1) is 15.3. The van der Waals surface area contributed by atoms with E-state index in [0.717, 1.165) is 31.1 Å². The number of carbonyl (C=O) groups excluding carboxylic acids is 2. The highest BCUT2D eigenvalue weighted by Gasteiger charge is 2.43. The summed E-state index contributed by atoms with van der Waals surface area (Å²) in [6, 6.07) is 15.8. The number of sulfone groups is 1. The minimum absolute atomic E-state index is 0.0284. The molecule has 166 valence electrons. The summed E-state index contributed by atoms with van der Waals surface area (Å²) in [6.45, 7) is 2.41. The van der Waals surface area contributed by atoms with Crippen LogP contribution in [0.1, 0.15) is 35.2 Å². The van der Waals surface area contributed by atoms with Crippen molar-refractivity contribution in [2.24, 2.45) is 5.41 Å². The smallest absolute Gasteiger partial charge is 0.298 e. The fourth-order valence-corrected chi connectivity index (χ4v) is 5.44. The van der Waals surface area contributed by atoms with Crippen LogP contribution in [0.4, 0.5) is 0 Å². The van der Waals surface area contributed by atoms with Gasteiger partial charge in [-0.3, -0.25) is 9.59 Å².